The van der Waals surface area contributed by atoms with Crippen molar-refractivity contribution in [2.75, 3.05) is 19.1 Å². The van der Waals surface area contributed by atoms with Crippen LogP contribution in [-0.4, -0.2) is 30.1 Å². The van der Waals surface area contributed by atoms with Gasteiger partial charge in [-0.3, -0.25) is 5.01 Å². The molecule has 5 heteroatoms. The number of anilines is 1. The van der Waals surface area contributed by atoms with Crippen molar-refractivity contribution in [3.05, 3.63) is 53.1 Å². The molecular formula is C22H27N3O2. The summed E-state index contributed by atoms with van der Waals surface area (Å²) in [6.07, 6.45) is 4.51. The lowest BCUT2D eigenvalue weighted by Crippen LogP contribution is -2.30. The van der Waals surface area contributed by atoms with Gasteiger partial charge in [-0.15, -0.1) is 0 Å². The average molecular weight is 365 g/mol. The SMILES string of the molecule is CCCCCN1N=C(c2ccc(N)cc2)c2cc3c(cc2CC1C)OCO3. The Kier molecular flexibility index (Phi) is 4.92. The first-order valence-electron chi connectivity index (χ1n) is 9.79. The van der Waals surface area contributed by atoms with Gasteiger partial charge in [0.1, 0.15) is 0 Å². The van der Waals surface area contributed by atoms with Gasteiger partial charge in [-0.1, -0.05) is 31.9 Å². The summed E-state index contributed by atoms with van der Waals surface area (Å²) < 4.78 is 11.2. The summed E-state index contributed by atoms with van der Waals surface area (Å²) >= 11 is 0. The Morgan fingerprint density at radius 3 is 2.59 bits per heavy atom. The molecule has 0 aliphatic carbocycles. The highest BCUT2D eigenvalue weighted by Crippen LogP contribution is 2.37. The van der Waals surface area contributed by atoms with Crippen LogP contribution in [0.15, 0.2) is 41.5 Å². The van der Waals surface area contributed by atoms with Gasteiger partial charge < -0.3 is 15.2 Å². The van der Waals surface area contributed by atoms with Crippen LogP contribution in [0.2, 0.25) is 0 Å². The first-order chi connectivity index (χ1) is 13.2. The molecule has 2 aliphatic heterocycles. The van der Waals surface area contributed by atoms with Crippen molar-refractivity contribution in [2.24, 2.45) is 5.10 Å². The van der Waals surface area contributed by atoms with E-state index in [9.17, 15) is 0 Å². The van der Waals surface area contributed by atoms with E-state index in [1.165, 1.54) is 18.4 Å². The van der Waals surface area contributed by atoms with Gasteiger partial charge in [0.2, 0.25) is 6.79 Å². The summed E-state index contributed by atoms with van der Waals surface area (Å²) in [7, 11) is 0. The van der Waals surface area contributed by atoms with E-state index in [0.29, 0.717) is 6.04 Å². The summed E-state index contributed by atoms with van der Waals surface area (Å²) in [6, 6.07) is 12.5. The molecule has 0 bridgehead atoms. The van der Waals surface area contributed by atoms with E-state index in [1.54, 1.807) is 0 Å². The minimum atomic E-state index is 0.283. The van der Waals surface area contributed by atoms with Gasteiger partial charge in [0.25, 0.3) is 0 Å². The van der Waals surface area contributed by atoms with E-state index in [-0.39, 0.29) is 6.79 Å². The minimum Gasteiger partial charge on any atom is -0.454 e. The lowest BCUT2D eigenvalue weighted by atomic mass is 9.94. The fourth-order valence-corrected chi connectivity index (χ4v) is 3.73. The van der Waals surface area contributed by atoms with Crippen LogP contribution >= 0.6 is 0 Å². The molecule has 0 spiro atoms. The Morgan fingerprint density at radius 2 is 1.85 bits per heavy atom. The fourth-order valence-electron chi connectivity index (χ4n) is 3.73. The maximum absolute atomic E-state index is 5.90. The third-order valence-corrected chi connectivity index (χ3v) is 5.28. The molecule has 2 aliphatic rings. The van der Waals surface area contributed by atoms with E-state index in [1.807, 2.05) is 24.3 Å². The maximum Gasteiger partial charge on any atom is 0.231 e. The molecule has 0 radical (unpaired) electrons. The van der Waals surface area contributed by atoms with Crippen LogP contribution < -0.4 is 15.2 Å². The van der Waals surface area contributed by atoms with E-state index in [0.717, 1.165) is 53.4 Å². The number of nitrogens with zero attached hydrogens (tertiary/aromatic N) is 2. The van der Waals surface area contributed by atoms with Crippen LogP contribution in [0.25, 0.3) is 0 Å². The summed E-state index contributed by atoms with van der Waals surface area (Å²) in [5.74, 6) is 1.63. The van der Waals surface area contributed by atoms with Gasteiger partial charge in [-0.05, 0) is 49.6 Å². The summed E-state index contributed by atoms with van der Waals surface area (Å²) in [5, 5.41) is 7.35. The molecule has 1 unspecified atom stereocenters. The molecule has 4 rings (SSSR count). The second-order valence-corrected chi connectivity index (χ2v) is 7.36. The van der Waals surface area contributed by atoms with Crippen molar-refractivity contribution in [3.8, 4) is 11.5 Å². The zero-order valence-electron chi connectivity index (χ0n) is 16.1. The lowest BCUT2D eigenvalue weighted by Gasteiger charge is -2.25. The number of nitrogens with two attached hydrogens (primary N) is 1. The number of hydrogen-bond acceptors (Lipinski definition) is 5. The molecule has 0 saturated carbocycles. The highest BCUT2D eigenvalue weighted by molar-refractivity contribution is 6.14. The molecule has 2 N–H and O–H groups in total. The van der Waals surface area contributed by atoms with Crippen LogP contribution in [0.3, 0.4) is 0 Å². The van der Waals surface area contributed by atoms with E-state index in [2.05, 4.69) is 31.0 Å². The van der Waals surface area contributed by atoms with Crippen LogP contribution in [-0.2, 0) is 6.42 Å². The van der Waals surface area contributed by atoms with Gasteiger partial charge in [0.05, 0.1) is 5.71 Å². The number of unbranched alkanes of at least 4 members (excludes halogenated alkanes) is 2. The van der Waals surface area contributed by atoms with Crippen LogP contribution in [0, 0.1) is 0 Å². The lowest BCUT2D eigenvalue weighted by molar-refractivity contribution is 0.174. The zero-order chi connectivity index (χ0) is 18.8. The molecule has 0 aromatic heterocycles. The molecule has 2 aromatic rings. The Hall–Kier alpha value is -2.69. The number of hydrogen-bond donors (Lipinski definition) is 1. The second kappa shape index (κ2) is 7.51. The molecule has 0 saturated heterocycles. The summed E-state index contributed by atoms with van der Waals surface area (Å²) in [4.78, 5) is 0. The van der Waals surface area contributed by atoms with Gasteiger partial charge >= 0.3 is 0 Å². The molecule has 1 atom stereocenters. The number of rotatable bonds is 5. The van der Waals surface area contributed by atoms with Crippen LogP contribution in [0.1, 0.15) is 49.8 Å². The van der Waals surface area contributed by atoms with Crippen molar-refractivity contribution in [2.45, 2.75) is 45.6 Å². The van der Waals surface area contributed by atoms with Gasteiger partial charge in [-0.25, -0.2) is 0 Å². The normalized spacial score (nSPS) is 18.1. The summed E-state index contributed by atoms with van der Waals surface area (Å²) in [5.41, 5.74) is 11.1. The minimum absolute atomic E-state index is 0.283. The predicted octanol–water partition coefficient (Wildman–Crippen LogP) is 4.19. The highest BCUT2D eigenvalue weighted by atomic mass is 16.7. The average Bonchev–Trinajstić information content (AvgIpc) is 3.07. The molecule has 5 nitrogen and oxygen atoms in total. The molecule has 0 fully saturated rings. The number of benzene rings is 2. The molecular weight excluding hydrogens is 338 g/mol. The third kappa shape index (κ3) is 3.59. The standard InChI is InChI=1S/C22H27N3O2/c1-3-4-5-10-25-15(2)11-17-12-20-21(27-14-26-20)13-19(17)22(24-25)16-6-8-18(23)9-7-16/h6-9,12-13,15H,3-5,10-11,14,23H2,1-2H3. The molecule has 2 aromatic carbocycles. The quantitative estimate of drug-likeness (QED) is 0.638. The number of hydrazone groups is 1. The zero-order valence-corrected chi connectivity index (χ0v) is 16.1. The number of ether oxygens (including phenoxy) is 2. The number of nitrogen functional groups attached to an aromatic ring is 1. The Bertz CT molecular complexity index is 845. The molecule has 0 amide bonds. The smallest absolute Gasteiger partial charge is 0.231 e. The Balaban J connectivity index is 1.79. The Labute approximate surface area is 160 Å². The topological polar surface area (TPSA) is 60.1 Å². The molecule has 2 heterocycles. The Morgan fingerprint density at radius 1 is 1.11 bits per heavy atom. The van der Waals surface area contributed by atoms with E-state index in [4.69, 9.17) is 20.3 Å². The fraction of sp³-hybridized carbons (Fsp3) is 0.409. The predicted molar refractivity (Wildman–Crippen MR) is 108 cm³/mol. The van der Waals surface area contributed by atoms with Crippen molar-refractivity contribution in [1.29, 1.82) is 0 Å². The van der Waals surface area contributed by atoms with Gasteiger partial charge in [0.15, 0.2) is 11.5 Å². The summed E-state index contributed by atoms with van der Waals surface area (Å²) in [6.45, 7) is 5.72. The van der Waals surface area contributed by atoms with Crippen molar-refractivity contribution < 1.29 is 9.47 Å². The third-order valence-electron chi connectivity index (χ3n) is 5.28. The van der Waals surface area contributed by atoms with Crippen LogP contribution in [0.4, 0.5) is 5.69 Å². The van der Waals surface area contributed by atoms with Crippen LogP contribution in [0.5, 0.6) is 11.5 Å². The van der Waals surface area contributed by atoms with Gasteiger partial charge in [0, 0.05) is 29.4 Å². The van der Waals surface area contributed by atoms with Crippen molar-refractivity contribution >= 4 is 11.4 Å². The molecule has 27 heavy (non-hydrogen) atoms. The first kappa shape index (κ1) is 17.7. The number of fused-ring (bicyclic) bond motifs is 2. The maximum atomic E-state index is 5.90. The van der Waals surface area contributed by atoms with Gasteiger partial charge in [-0.2, -0.15) is 5.10 Å². The highest BCUT2D eigenvalue weighted by Gasteiger charge is 2.26. The van der Waals surface area contributed by atoms with Crippen molar-refractivity contribution in [3.63, 3.8) is 0 Å². The largest absolute Gasteiger partial charge is 0.454 e. The second-order valence-electron chi connectivity index (χ2n) is 7.36. The monoisotopic (exact) mass is 365 g/mol. The van der Waals surface area contributed by atoms with E-state index >= 15 is 0 Å². The van der Waals surface area contributed by atoms with Crippen molar-refractivity contribution in [1.82, 2.24) is 5.01 Å². The molecule has 142 valence electrons. The van der Waals surface area contributed by atoms with E-state index < -0.39 is 0 Å². The first-order valence-corrected chi connectivity index (χ1v) is 9.79.